The van der Waals surface area contributed by atoms with Crippen molar-refractivity contribution < 1.29 is 8.78 Å². The number of aryl methyl sites for hydroxylation is 2. The summed E-state index contributed by atoms with van der Waals surface area (Å²) in [7, 11) is 0. The number of alkyl halides is 2. The summed E-state index contributed by atoms with van der Waals surface area (Å²) in [4.78, 5) is 5.77. The second-order valence-electron chi connectivity index (χ2n) is 7.51. The normalized spacial score (nSPS) is 19.9. The van der Waals surface area contributed by atoms with Gasteiger partial charge in [0, 0.05) is 35.4 Å². The molecule has 2 aromatic carbocycles. The molecule has 0 bridgehead atoms. The van der Waals surface area contributed by atoms with Crippen LogP contribution in [0.4, 0.5) is 8.78 Å². The van der Waals surface area contributed by atoms with E-state index in [2.05, 4.69) is 9.93 Å². The van der Waals surface area contributed by atoms with Crippen molar-refractivity contribution in [1.82, 2.24) is 9.73 Å². The second-order valence-corrected chi connectivity index (χ2v) is 8.78. The number of hydrogen-bond donors (Lipinski definition) is 1. The summed E-state index contributed by atoms with van der Waals surface area (Å²) in [5, 5.41) is 5.07. The summed E-state index contributed by atoms with van der Waals surface area (Å²) in [6.45, 7) is 4.23. The molecule has 1 spiro atoms. The molecule has 2 fully saturated rings. The van der Waals surface area contributed by atoms with Crippen LogP contribution in [0, 0.1) is 13.8 Å². The van der Waals surface area contributed by atoms with Crippen LogP contribution in [0.5, 0.6) is 0 Å². The molecule has 1 aliphatic heterocycles. The average Bonchev–Trinajstić information content (AvgIpc) is 3.40. The van der Waals surface area contributed by atoms with Crippen LogP contribution in [0.15, 0.2) is 52.5 Å². The Hall–Kier alpha value is -1.79. The van der Waals surface area contributed by atoms with E-state index in [1.165, 1.54) is 17.5 Å². The fraction of sp³-hybridized carbons (Fsp3) is 0.381. The number of likely N-dealkylation sites (tertiary alicyclic amines) is 1. The molecule has 148 valence electrons. The number of nitrogens with zero attached hydrogens (tertiary/aromatic N) is 2. The number of halogens is 3. The monoisotopic (exact) mass is 421 g/mol. The summed E-state index contributed by atoms with van der Waals surface area (Å²) < 4.78 is 29.2. The highest BCUT2D eigenvalue weighted by Crippen LogP contribution is 2.58. The smallest absolute Gasteiger partial charge is 0.272 e. The van der Waals surface area contributed by atoms with E-state index in [0.717, 1.165) is 10.5 Å². The van der Waals surface area contributed by atoms with Crippen molar-refractivity contribution in [2.75, 3.05) is 6.54 Å². The molecule has 1 saturated heterocycles. The van der Waals surface area contributed by atoms with Crippen molar-refractivity contribution in [3.05, 3.63) is 64.2 Å². The van der Waals surface area contributed by atoms with Gasteiger partial charge in [-0.15, -0.1) is 0 Å². The highest BCUT2D eigenvalue weighted by molar-refractivity contribution is 7.97. The van der Waals surface area contributed by atoms with Gasteiger partial charge in [0.2, 0.25) is 0 Å². The molecular weight excluding hydrogens is 400 g/mol. The molecule has 0 aromatic heterocycles. The molecule has 0 atom stereocenters. The van der Waals surface area contributed by atoms with E-state index >= 15 is 0 Å². The summed E-state index contributed by atoms with van der Waals surface area (Å²) in [5.41, 5.74) is 1.69. The minimum Gasteiger partial charge on any atom is -0.343 e. The predicted molar refractivity (Wildman–Crippen MR) is 111 cm³/mol. The van der Waals surface area contributed by atoms with Crippen LogP contribution < -0.4 is 4.83 Å². The Kier molecular flexibility index (Phi) is 5.04. The lowest BCUT2D eigenvalue weighted by Gasteiger charge is -2.31. The van der Waals surface area contributed by atoms with Gasteiger partial charge in [-0.25, -0.2) is 13.6 Å². The molecule has 3 nitrogen and oxygen atoms in total. The van der Waals surface area contributed by atoms with Crippen LogP contribution in [0.3, 0.4) is 0 Å². The Bertz CT molecular complexity index is 890. The van der Waals surface area contributed by atoms with E-state index in [1.54, 1.807) is 11.0 Å². The standard InChI is InChI=1S/C21H22ClF2N3S/c1-14-6-8-16(9-7-14)28-26-25-19(18-15(2)4-3-5-17(18)22)27-13-12-21(23,24)20(27)10-11-20/h3-9,26H,10-13H2,1-2H3/b25-19+. The Morgan fingerprint density at radius 2 is 1.82 bits per heavy atom. The highest BCUT2D eigenvalue weighted by atomic mass is 35.5. The van der Waals surface area contributed by atoms with Gasteiger partial charge in [-0.2, -0.15) is 5.10 Å². The lowest BCUT2D eigenvalue weighted by molar-refractivity contribution is -0.0352. The van der Waals surface area contributed by atoms with Crippen molar-refractivity contribution in [3.63, 3.8) is 0 Å². The zero-order valence-electron chi connectivity index (χ0n) is 15.8. The van der Waals surface area contributed by atoms with E-state index in [9.17, 15) is 8.78 Å². The van der Waals surface area contributed by atoms with Crippen molar-refractivity contribution in [1.29, 1.82) is 0 Å². The van der Waals surface area contributed by atoms with Crippen LogP contribution >= 0.6 is 23.5 Å². The van der Waals surface area contributed by atoms with Crippen molar-refractivity contribution in [2.45, 2.75) is 49.5 Å². The molecule has 0 amide bonds. The van der Waals surface area contributed by atoms with E-state index in [1.807, 2.05) is 50.2 Å². The van der Waals surface area contributed by atoms with Crippen LogP contribution in [0.2, 0.25) is 5.02 Å². The molecule has 0 radical (unpaired) electrons. The number of hydrogen-bond acceptors (Lipinski definition) is 3. The fourth-order valence-corrected chi connectivity index (χ4v) is 4.67. The molecule has 1 saturated carbocycles. The SMILES string of the molecule is Cc1ccc(SN/N=C(\c2c(C)cccc2Cl)N2CCC(F)(F)C23CC3)cc1. The van der Waals surface area contributed by atoms with Gasteiger partial charge in [-0.1, -0.05) is 41.4 Å². The van der Waals surface area contributed by atoms with Crippen LogP contribution in [-0.4, -0.2) is 28.7 Å². The quantitative estimate of drug-likeness (QED) is 0.293. The number of amidine groups is 1. The molecule has 4 rings (SSSR count). The minimum atomic E-state index is -2.70. The second kappa shape index (κ2) is 7.23. The third-order valence-electron chi connectivity index (χ3n) is 5.61. The van der Waals surface area contributed by atoms with Gasteiger partial charge in [0.25, 0.3) is 5.92 Å². The third kappa shape index (κ3) is 3.37. The third-order valence-corrected chi connectivity index (χ3v) is 6.61. The lowest BCUT2D eigenvalue weighted by atomic mass is 10.0. The molecule has 7 heteroatoms. The molecule has 1 aliphatic carbocycles. The zero-order chi connectivity index (χ0) is 19.9. The summed E-state index contributed by atoms with van der Waals surface area (Å²) in [5.74, 6) is -2.20. The van der Waals surface area contributed by atoms with Crippen molar-refractivity contribution >= 4 is 29.4 Å². The van der Waals surface area contributed by atoms with Gasteiger partial charge >= 0.3 is 0 Å². The Morgan fingerprint density at radius 3 is 2.46 bits per heavy atom. The molecular formula is C21H22ClF2N3S. The van der Waals surface area contributed by atoms with Gasteiger partial charge < -0.3 is 4.90 Å². The van der Waals surface area contributed by atoms with Crippen molar-refractivity contribution in [3.8, 4) is 0 Å². The maximum absolute atomic E-state index is 14.6. The number of hydrazone groups is 1. The summed E-state index contributed by atoms with van der Waals surface area (Å²) >= 11 is 7.82. The first-order valence-electron chi connectivity index (χ1n) is 9.31. The Labute approximate surface area is 173 Å². The van der Waals surface area contributed by atoms with Gasteiger partial charge in [0.1, 0.15) is 5.54 Å². The first kappa shape index (κ1) is 19.5. The minimum absolute atomic E-state index is 0.152. The van der Waals surface area contributed by atoms with E-state index in [0.29, 0.717) is 29.3 Å². The first-order valence-corrected chi connectivity index (χ1v) is 10.5. The maximum Gasteiger partial charge on any atom is 0.272 e. The Balaban J connectivity index is 1.67. The van der Waals surface area contributed by atoms with E-state index < -0.39 is 11.5 Å². The maximum atomic E-state index is 14.6. The van der Waals surface area contributed by atoms with Crippen LogP contribution in [0.25, 0.3) is 0 Å². The van der Waals surface area contributed by atoms with E-state index in [-0.39, 0.29) is 13.0 Å². The zero-order valence-corrected chi connectivity index (χ0v) is 17.4. The molecule has 1 heterocycles. The summed E-state index contributed by atoms with van der Waals surface area (Å²) in [6, 6.07) is 13.6. The van der Waals surface area contributed by atoms with Gasteiger partial charge in [0.15, 0.2) is 5.84 Å². The van der Waals surface area contributed by atoms with Gasteiger partial charge in [-0.05, 0) is 50.5 Å². The molecule has 2 aromatic rings. The average molecular weight is 422 g/mol. The lowest BCUT2D eigenvalue weighted by Crippen LogP contribution is -2.45. The number of rotatable bonds is 4. The Morgan fingerprint density at radius 1 is 1.11 bits per heavy atom. The summed E-state index contributed by atoms with van der Waals surface area (Å²) in [6.07, 6.45) is 0.807. The molecule has 2 aliphatic rings. The number of benzene rings is 2. The molecule has 1 N–H and O–H groups in total. The van der Waals surface area contributed by atoms with Crippen molar-refractivity contribution in [2.24, 2.45) is 5.10 Å². The van der Waals surface area contributed by atoms with E-state index in [4.69, 9.17) is 11.6 Å². The van der Waals surface area contributed by atoms with Gasteiger partial charge in [-0.3, -0.25) is 0 Å². The predicted octanol–water partition coefficient (Wildman–Crippen LogP) is 5.79. The topological polar surface area (TPSA) is 27.6 Å². The molecule has 0 unspecified atom stereocenters. The fourth-order valence-electron chi connectivity index (χ4n) is 3.85. The van der Waals surface area contributed by atoms with Gasteiger partial charge in [0.05, 0.1) is 5.02 Å². The van der Waals surface area contributed by atoms with Crippen LogP contribution in [0.1, 0.15) is 36.0 Å². The van der Waals surface area contributed by atoms with Crippen LogP contribution in [-0.2, 0) is 0 Å². The molecule has 28 heavy (non-hydrogen) atoms. The largest absolute Gasteiger partial charge is 0.343 e. The highest BCUT2D eigenvalue weighted by Gasteiger charge is 2.69. The number of nitrogens with one attached hydrogen (secondary N) is 1. The first-order chi connectivity index (χ1) is 13.3.